The molecule has 0 aliphatic carbocycles. The summed E-state index contributed by atoms with van der Waals surface area (Å²) in [5, 5.41) is 27.4. The van der Waals surface area contributed by atoms with Crippen LogP contribution in [0.25, 0.3) is 28.3 Å². The number of nitriles is 1. The van der Waals surface area contributed by atoms with Crippen molar-refractivity contribution < 1.29 is 5.11 Å². The maximum Gasteiger partial charge on any atom is 0.227 e. The summed E-state index contributed by atoms with van der Waals surface area (Å²) in [4.78, 5) is 19.6. The number of aliphatic hydroxyl groups excluding tert-OH is 1. The number of nitrogens with zero attached hydrogens (tertiary/aromatic N) is 8. The monoisotopic (exact) mass is 515 g/mol. The lowest BCUT2D eigenvalue weighted by atomic mass is 10.0. The predicted molar refractivity (Wildman–Crippen MR) is 148 cm³/mol. The zero-order chi connectivity index (χ0) is 26.6. The molecule has 10 heteroatoms. The average Bonchev–Trinajstić information content (AvgIpc) is 3.49. The van der Waals surface area contributed by atoms with Gasteiger partial charge < -0.3 is 15.3 Å². The number of nitrogens with one attached hydrogen (secondary N) is 1. The molecule has 1 fully saturated rings. The lowest BCUT2D eigenvalue weighted by Crippen LogP contribution is -2.36. The Bertz CT molecular complexity index is 1620. The first-order valence-corrected chi connectivity index (χ1v) is 12.7. The van der Waals surface area contributed by atoms with Gasteiger partial charge in [0.15, 0.2) is 5.82 Å². The van der Waals surface area contributed by atoms with Gasteiger partial charge in [-0.2, -0.15) is 5.26 Å². The predicted octanol–water partition coefficient (Wildman–Crippen LogP) is 4.36. The van der Waals surface area contributed by atoms with Gasteiger partial charge in [-0.25, -0.2) is 19.6 Å². The standard InChI is InChI=1S/C29H25N9O/c30-18-22-17-21(1-6-27(22)37-15-10-25(39)11-16-37)26-9-14-32-29(35-26)34-23-2-4-24(5-3-23)38-19-33-28(36-38)20-7-12-31-13-8-20/h1-9,12-14,17,19,25,39H,10-11,15-16H2,(H,32,34,35). The second-order valence-electron chi connectivity index (χ2n) is 9.25. The third kappa shape index (κ3) is 5.30. The number of hydrogen-bond donors (Lipinski definition) is 2. The second kappa shape index (κ2) is 10.7. The molecule has 10 nitrogen and oxygen atoms in total. The molecule has 1 aliphatic heterocycles. The third-order valence-corrected chi connectivity index (χ3v) is 6.69. The van der Waals surface area contributed by atoms with Crippen molar-refractivity contribution in [2.75, 3.05) is 23.3 Å². The number of rotatable bonds is 6. The Morgan fingerprint density at radius 1 is 0.897 bits per heavy atom. The molecule has 2 N–H and O–H groups in total. The van der Waals surface area contributed by atoms with Crippen LogP contribution in [-0.4, -0.2) is 54.0 Å². The molecule has 1 saturated heterocycles. The van der Waals surface area contributed by atoms with E-state index in [1.807, 2.05) is 60.7 Å². The van der Waals surface area contributed by atoms with E-state index >= 15 is 0 Å². The lowest BCUT2D eigenvalue weighted by Gasteiger charge is -2.32. The quantitative estimate of drug-likeness (QED) is 0.339. The molecule has 0 bridgehead atoms. The molecule has 5 aromatic rings. The summed E-state index contributed by atoms with van der Waals surface area (Å²) in [7, 11) is 0. The number of aliphatic hydroxyl groups is 1. The highest BCUT2D eigenvalue weighted by Crippen LogP contribution is 2.29. The van der Waals surface area contributed by atoms with Gasteiger partial charge in [-0.1, -0.05) is 6.07 Å². The maximum absolute atomic E-state index is 9.81. The third-order valence-electron chi connectivity index (χ3n) is 6.69. The molecule has 0 radical (unpaired) electrons. The van der Waals surface area contributed by atoms with Crippen LogP contribution in [0.4, 0.5) is 17.3 Å². The summed E-state index contributed by atoms with van der Waals surface area (Å²) >= 11 is 0. The van der Waals surface area contributed by atoms with Gasteiger partial charge >= 0.3 is 0 Å². The van der Waals surface area contributed by atoms with Crippen LogP contribution in [0.3, 0.4) is 0 Å². The van der Waals surface area contributed by atoms with Crippen LogP contribution in [-0.2, 0) is 0 Å². The van der Waals surface area contributed by atoms with E-state index in [4.69, 9.17) is 0 Å². The van der Waals surface area contributed by atoms with Crippen molar-refractivity contribution in [3.63, 3.8) is 0 Å². The van der Waals surface area contributed by atoms with E-state index in [9.17, 15) is 10.4 Å². The molecule has 0 unspecified atom stereocenters. The van der Waals surface area contributed by atoms with Crippen LogP contribution in [0.15, 0.2) is 85.6 Å². The van der Waals surface area contributed by atoms with Crippen LogP contribution in [0, 0.1) is 11.3 Å². The fourth-order valence-corrected chi connectivity index (χ4v) is 4.59. The van der Waals surface area contributed by atoms with E-state index < -0.39 is 0 Å². The van der Waals surface area contributed by atoms with Gasteiger partial charge in [0.05, 0.1) is 28.7 Å². The number of benzene rings is 2. The Morgan fingerprint density at radius 3 is 2.46 bits per heavy atom. The Balaban J connectivity index is 1.17. The lowest BCUT2D eigenvalue weighted by molar-refractivity contribution is 0.145. The summed E-state index contributed by atoms with van der Waals surface area (Å²) in [5.41, 5.74) is 5.63. The van der Waals surface area contributed by atoms with Crippen LogP contribution in [0.1, 0.15) is 18.4 Å². The van der Waals surface area contributed by atoms with E-state index in [2.05, 4.69) is 41.3 Å². The molecule has 0 atom stereocenters. The molecule has 4 heterocycles. The summed E-state index contributed by atoms with van der Waals surface area (Å²) in [6, 6.07) is 21.4. The van der Waals surface area contributed by atoms with Crippen LogP contribution >= 0.6 is 0 Å². The highest BCUT2D eigenvalue weighted by atomic mass is 16.3. The first-order chi connectivity index (χ1) is 19.2. The zero-order valence-electron chi connectivity index (χ0n) is 21.0. The molecular weight excluding hydrogens is 490 g/mol. The van der Waals surface area contributed by atoms with Crippen molar-refractivity contribution in [2.45, 2.75) is 18.9 Å². The molecule has 39 heavy (non-hydrogen) atoms. The van der Waals surface area contributed by atoms with E-state index in [0.29, 0.717) is 35.9 Å². The van der Waals surface area contributed by atoms with E-state index in [1.54, 1.807) is 29.6 Å². The highest BCUT2D eigenvalue weighted by molar-refractivity contribution is 5.70. The summed E-state index contributed by atoms with van der Waals surface area (Å²) in [5.74, 6) is 1.08. The second-order valence-corrected chi connectivity index (χ2v) is 9.25. The highest BCUT2D eigenvalue weighted by Gasteiger charge is 2.20. The first kappa shape index (κ1) is 24.2. The summed E-state index contributed by atoms with van der Waals surface area (Å²) in [6.07, 6.45) is 7.96. The van der Waals surface area contributed by atoms with Crippen molar-refractivity contribution >= 4 is 17.3 Å². The fraction of sp³-hybridized carbons (Fsp3) is 0.172. The number of hydrogen-bond acceptors (Lipinski definition) is 9. The van der Waals surface area contributed by atoms with Gasteiger partial charge in [0.25, 0.3) is 0 Å². The number of anilines is 3. The SMILES string of the molecule is N#Cc1cc(-c2ccnc(Nc3ccc(-n4cnc(-c5ccncc5)n4)cc3)n2)ccc1N1CCC(O)CC1. The van der Waals surface area contributed by atoms with Gasteiger partial charge in [-0.05, 0) is 67.4 Å². The Kier molecular flexibility index (Phi) is 6.64. The molecular formula is C29H25N9O. The van der Waals surface area contributed by atoms with Crippen molar-refractivity contribution in [1.29, 1.82) is 5.26 Å². The Morgan fingerprint density at radius 2 is 1.69 bits per heavy atom. The Hall–Kier alpha value is -5.14. The zero-order valence-corrected chi connectivity index (χ0v) is 21.0. The van der Waals surface area contributed by atoms with Crippen LogP contribution in [0.2, 0.25) is 0 Å². The normalized spacial score (nSPS) is 13.7. The minimum absolute atomic E-state index is 0.262. The maximum atomic E-state index is 9.81. The molecule has 2 aromatic carbocycles. The van der Waals surface area contributed by atoms with Gasteiger partial charge in [0.2, 0.25) is 5.95 Å². The molecule has 0 amide bonds. The van der Waals surface area contributed by atoms with Crippen molar-refractivity contribution in [2.24, 2.45) is 0 Å². The first-order valence-electron chi connectivity index (χ1n) is 12.7. The van der Waals surface area contributed by atoms with Crippen molar-refractivity contribution in [3.05, 3.63) is 91.1 Å². The summed E-state index contributed by atoms with van der Waals surface area (Å²) in [6.45, 7) is 1.47. The molecule has 0 saturated carbocycles. The molecule has 192 valence electrons. The minimum atomic E-state index is -0.262. The topological polar surface area (TPSA) is 129 Å². The molecule has 0 spiro atoms. The van der Waals surface area contributed by atoms with E-state index in [0.717, 1.165) is 41.3 Å². The largest absolute Gasteiger partial charge is 0.393 e. The van der Waals surface area contributed by atoms with Gasteiger partial charge in [-0.15, -0.1) is 5.10 Å². The van der Waals surface area contributed by atoms with Gasteiger partial charge in [0, 0.05) is 48.5 Å². The van der Waals surface area contributed by atoms with Crippen LogP contribution < -0.4 is 10.2 Å². The van der Waals surface area contributed by atoms with E-state index in [1.165, 1.54) is 0 Å². The summed E-state index contributed by atoms with van der Waals surface area (Å²) < 4.78 is 1.72. The average molecular weight is 516 g/mol. The van der Waals surface area contributed by atoms with Crippen molar-refractivity contribution in [3.8, 4) is 34.4 Å². The Labute approximate surface area is 225 Å². The van der Waals surface area contributed by atoms with Crippen LogP contribution in [0.5, 0.6) is 0 Å². The fourth-order valence-electron chi connectivity index (χ4n) is 4.59. The molecule has 6 rings (SSSR count). The molecule has 1 aliphatic rings. The van der Waals surface area contributed by atoms with Crippen molar-refractivity contribution in [1.82, 2.24) is 29.7 Å². The number of piperidine rings is 1. The smallest absolute Gasteiger partial charge is 0.227 e. The number of aromatic nitrogens is 6. The van der Waals surface area contributed by atoms with E-state index in [-0.39, 0.29) is 6.10 Å². The minimum Gasteiger partial charge on any atom is -0.393 e. The van der Waals surface area contributed by atoms with Gasteiger partial charge in [-0.3, -0.25) is 4.98 Å². The van der Waals surface area contributed by atoms with Gasteiger partial charge in [0.1, 0.15) is 12.4 Å². The molecule has 3 aromatic heterocycles. The number of pyridine rings is 1.